The van der Waals surface area contributed by atoms with Crippen molar-refractivity contribution in [2.75, 3.05) is 39.4 Å². The topological polar surface area (TPSA) is 66.3 Å². The molecule has 0 aromatic rings. The highest BCUT2D eigenvalue weighted by Gasteiger charge is 2.26. The molecule has 152 valence electrons. The van der Waals surface area contributed by atoms with Gasteiger partial charge < -0.3 is 24.8 Å². The van der Waals surface area contributed by atoms with E-state index in [1.165, 1.54) is 12.8 Å². The maximum Gasteiger partial charge on any atom is 0.194 e. The van der Waals surface area contributed by atoms with Crippen molar-refractivity contribution in [2.24, 2.45) is 4.99 Å². The predicted molar refractivity (Wildman–Crippen MR) is 106 cm³/mol. The Morgan fingerprint density at radius 2 is 1.92 bits per heavy atom. The molecular weight excluding hydrogens is 330 g/mol. The summed E-state index contributed by atoms with van der Waals surface area (Å²) in [7, 11) is 0. The number of piperidine rings is 1. The molecule has 0 aromatic heterocycles. The summed E-state index contributed by atoms with van der Waals surface area (Å²) in [6, 6.07) is 0. The molecule has 0 amide bonds. The van der Waals surface area contributed by atoms with Crippen molar-refractivity contribution in [1.29, 1.82) is 0 Å². The third-order valence-corrected chi connectivity index (χ3v) is 5.71. The quantitative estimate of drug-likeness (QED) is 0.508. The summed E-state index contributed by atoms with van der Waals surface area (Å²) in [5, 5.41) is 13.9. The van der Waals surface area contributed by atoms with E-state index in [1.807, 2.05) is 13.8 Å². The Morgan fingerprint density at radius 3 is 2.50 bits per heavy atom. The Balaban J connectivity index is 1.79. The lowest BCUT2D eigenvalue weighted by Crippen LogP contribution is -2.48. The number of nitrogens with one attached hydrogen (secondary N) is 1. The summed E-state index contributed by atoms with van der Waals surface area (Å²) < 4.78 is 11.9. The van der Waals surface area contributed by atoms with Gasteiger partial charge in [-0.15, -0.1) is 0 Å². The van der Waals surface area contributed by atoms with E-state index in [-0.39, 0.29) is 0 Å². The van der Waals surface area contributed by atoms with E-state index in [2.05, 4.69) is 17.1 Å². The predicted octanol–water partition coefficient (Wildman–Crippen LogP) is 2.55. The van der Waals surface area contributed by atoms with Gasteiger partial charge in [0.1, 0.15) is 0 Å². The summed E-state index contributed by atoms with van der Waals surface area (Å²) >= 11 is 0. The molecule has 0 spiro atoms. The van der Waals surface area contributed by atoms with Gasteiger partial charge in [0.25, 0.3) is 0 Å². The number of rotatable bonds is 8. The summed E-state index contributed by atoms with van der Waals surface area (Å²) in [6.07, 6.45) is 7.68. The van der Waals surface area contributed by atoms with Crippen LogP contribution in [0.5, 0.6) is 0 Å². The molecule has 6 heteroatoms. The lowest BCUT2D eigenvalue weighted by Gasteiger charge is -2.35. The Hall–Kier alpha value is -0.850. The number of hydrogen-bond donors (Lipinski definition) is 2. The van der Waals surface area contributed by atoms with E-state index in [0.717, 1.165) is 70.9 Å². The van der Waals surface area contributed by atoms with E-state index in [4.69, 9.17) is 14.5 Å². The van der Waals surface area contributed by atoms with Crippen LogP contribution in [-0.2, 0) is 9.47 Å². The van der Waals surface area contributed by atoms with Gasteiger partial charge in [-0.3, -0.25) is 4.99 Å². The number of hydrogen-bond acceptors (Lipinski definition) is 4. The Morgan fingerprint density at radius 1 is 1.19 bits per heavy atom. The molecule has 6 nitrogen and oxygen atoms in total. The Labute approximate surface area is 159 Å². The number of nitrogens with zero attached hydrogens (tertiary/aromatic N) is 2. The first kappa shape index (κ1) is 21.5. The molecule has 1 unspecified atom stereocenters. The van der Waals surface area contributed by atoms with Gasteiger partial charge in [-0.1, -0.05) is 13.8 Å². The van der Waals surface area contributed by atoms with Crippen molar-refractivity contribution in [2.45, 2.75) is 83.5 Å². The second-order valence-electron chi connectivity index (χ2n) is 7.61. The first-order chi connectivity index (χ1) is 12.6. The fourth-order valence-electron chi connectivity index (χ4n) is 3.54. The van der Waals surface area contributed by atoms with Gasteiger partial charge >= 0.3 is 0 Å². The SMILES string of the molecule is CCNC(=NCC(O)(CC)CC)N1CCC(OCC2CCCCO2)CC1. The monoisotopic (exact) mass is 369 g/mol. The first-order valence-corrected chi connectivity index (χ1v) is 10.6. The number of aliphatic hydroxyl groups is 1. The summed E-state index contributed by atoms with van der Waals surface area (Å²) in [4.78, 5) is 7.01. The Bertz CT molecular complexity index is 413. The van der Waals surface area contributed by atoms with Crippen molar-refractivity contribution in [1.82, 2.24) is 10.2 Å². The van der Waals surface area contributed by atoms with E-state index in [9.17, 15) is 5.11 Å². The summed E-state index contributed by atoms with van der Waals surface area (Å²) in [5.41, 5.74) is -0.692. The fraction of sp³-hybridized carbons (Fsp3) is 0.950. The Kier molecular flexibility index (Phi) is 9.16. The van der Waals surface area contributed by atoms with Gasteiger partial charge in [0.05, 0.1) is 31.0 Å². The van der Waals surface area contributed by atoms with Crippen molar-refractivity contribution in [3.63, 3.8) is 0 Å². The average molecular weight is 370 g/mol. The fourth-order valence-corrected chi connectivity index (χ4v) is 3.54. The standard InChI is InChI=1S/C20H39N3O3/c1-4-20(24,5-2)16-22-19(21-6-3)23-12-10-17(11-13-23)26-15-18-9-7-8-14-25-18/h17-18,24H,4-16H2,1-3H3,(H,21,22). The van der Waals surface area contributed by atoms with Gasteiger partial charge in [-0.25, -0.2) is 0 Å². The first-order valence-electron chi connectivity index (χ1n) is 10.6. The van der Waals surface area contributed by atoms with E-state index in [0.29, 0.717) is 18.8 Å². The molecule has 0 aromatic carbocycles. The molecule has 2 aliphatic heterocycles. The van der Waals surface area contributed by atoms with Crippen molar-refractivity contribution in [3.05, 3.63) is 0 Å². The smallest absolute Gasteiger partial charge is 0.194 e. The third kappa shape index (κ3) is 6.71. The van der Waals surface area contributed by atoms with E-state index < -0.39 is 5.60 Å². The molecule has 2 fully saturated rings. The number of ether oxygens (including phenoxy) is 2. The zero-order valence-electron chi connectivity index (χ0n) is 17.0. The summed E-state index contributed by atoms with van der Waals surface area (Å²) in [6.45, 7) is 10.9. The van der Waals surface area contributed by atoms with Gasteiger partial charge in [0.2, 0.25) is 0 Å². The molecule has 2 N–H and O–H groups in total. The highest BCUT2D eigenvalue weighted by molar-refractivity contribution is 5.80. The molecule has 2 heterocycles. The highest BCUT2D eigenvalue weighted by atomic mass is 16.5. The van der Waals surface area contributed by atoms with E-state index >= 15 is 0 Å². The van der Waals surface area contributed by atoms with Crippen LogP contribution in [0.3, 0.4) is 0 Å². The van der Waals surface area contributed by atoms with Crippen molar-refractivity contribution >= 4 is 5.96 Å². The number of guanidine groups is 1. The third-order valence-electron chi connectivity index (χ3n) is 5.71. The van der Waals surface area contributed by atoms with Crippen LogP contribution in [0.1, 0.15) is 65.7 Å². The van der Waals surface area contributed by atoms with Crippen LogP contribution in [0, 0.1) is 0 Å². The average Bonchev–Trinajstić information content (AvgIpc) is 2.70. The van der Waals surface area contributed by atoms with Gasteiger partial charge in [0.15, 0.2) is 5.96 Å². The van der Waals surface area contributed by atoms with Gasteiger partial charge in [0, 0.05) is 26.2 Å². The largest absolute Gasteiger partial charge is 0.388 e. The van der Waals surface area contributed by atoms with Crippen LogP contribution in [0.2, 0.25) is 0 Å². The molecule has 0 saturated carbocycles. The van der Waals surface area contributed by atoms with Gasteiger partial charge in [-0.05, 0) is 51.9 Å². The van der Waals surface area contributed by atoms with Crippen LogP contribution in [0.15, 0.2) is 4.99 Å². The minimum atomic E-state index is -0.692. The maximum absolute atomic E-state index is 10.5. The molecule has 2 saturated heterocycles. The second kappa shape index (κ2) is 11.1. The molecule has 26 heavy (non-hydrogen) atoms. The molecule has 2 aliphatic rings. The van der Waals surface area contributed by atoms with Crippen molar-refractivity contribution < 1.29 is 14.6 Å². The van der Waals surface area contributed by atoms with Gasteiger partial charge in [-0.2, -0.15) is 0 Å². The second-order valence-corrected chi connectivity index (χ2v) is 7.61. The maximum atomic E-state index is 10.5. The van der Waals surface area contributed by atoms with Crippen LogP contribution < -0.4 is 5.32 Å². The van der Waals surface area contributed by atoms with Crippen molar-refractivity contribution in [3.8, 4) is 0 Å². The normalized spacial score (nSPS) is 23.3. The summed E-state index contributed by atoms with van der Waals surface area (Å²) in [5.74, 6) is 0.918. The lowest BCUT2D eigenvalue weighted by atomic mass is 9.98. The molecular formula is C20H39N3O3. The molecule has 0 bridgehead atoms. The van der Waals surface area contributed by atoms with Crippen LogP contribution in [0.25, 0.3) is 0 Å². The number of aliphatic imine (C=N–C) groups is 1. The zero-order chi connectivity index (χ0) is 18.8. The van der Waals surface area contributed by atoms with E-state index in [1.54, 1.807) is 0 Å². The zero-order valence-corrected chi connectivity index (χ0v) is 17.0. The molecule has 2 rings (SSSR count). The molecule has 0 radical (unpaired) electrons. The molecule has 1 atom stereocenters. The minimum Gasteiger partial charge on any atom is -0.388 e. The van der Waals surface area contributed by atoms with Crippen LogP contribution in [-0.4, -0.2) is 73.2 Å². The highest BCUT2D eigenvalue weighted by Crippen LogP contribution is 2.19. The lowest BCUT2D eigenvalue weighted by molar-refractivity contribution is -0.0721. The van der Waals surface area contributed by atoms with Crippen LogP contribution >= 0.6 is 0 Å². The van der Waals surface area contributed by atoms with Crippen LogP contribution in [0.4, 0.5) is 0 Å². The minimum absolute atomic E-state index is 0.293. The molecule has 0 aliphatic carbocycles. The number of likely N-dealkylation sites (tertiary alicyclic amines) is 1.